The average molecular weight is 1410 g/mol. The van der Waals surface area contributed by atoms with Crippen LogP contribution in [0.25, 0.3) is 11.1 Å². The summed E-state index contributed by atoms with van der Waals surface area (Å²) >= 11 is 9.54. The summed E-state index contributed by atoms with van der Waals surface area (Å²) in [5.41, 5.74) is 7.91. The van der Waals surface area contributed by atoms with Crippen LogP contribution in [0.5, 0.6) is 23.0 Å². The number of unbranched alkanes of at least 4 members (excludes halogenated alkanes) is 2. The van der Waals surface area contributed by atoms with Gasteiger partial charge in [-0.25, -0.2) is 0 Å². The molecule has 0 heterocycles. The fourth-order valence-electron chi connectivity index (χ4n) is 6.00. The molecule has 0 spiro atoms. The van der Waals surface area contributed by atoms with Gasteiger partial charge in [-0.3, -0.25) is 9.59 Å². The van der Waals surface area contributed by atoms with Crippen LogP contribution in [0.3, 0.4) is 0 Å². The molecule has 11 heteroatoms. The number of ether oxygens (including phenoxy) is 2. The van der Waals surface area contributed by atoms with E-state index in [-0.39, 0.29) is 23.1 Å². The maximum atomic E-state index is 12.2. The summed E-state index contributed by atoms with van der Waals surface area (Å²) in [4.78, 5) is 23.2. The molecule has 0 radical (unpaired) electrons. The van der Waals surface area contributed by atoms with Crippen molar-refractivity contribution in [1.82, 2.24) is 0 Å². The maximum absolute atomic E-state index is 12.2. The molecule has 0 aliphatic heterocycles. The van der Waals surface area contributed by atoms with Crippen molar-refractivity contribution in [1.29, 1.82) is 0 Å². The molecule has 6 aromatic rings. The van der Waals surface area contributed by atoms with Gasteiger partial charge in [0.2, 0.25) is 0 Å². The number of hydrogen-bond donors (Lipinski definition) is 2. The Kier molecular flexibility index (Phi) is 30.9. The van der Waals surface area contributed by atoms with Crippen LogP contribution in [0, 0.1) is 0 Å². The van der Waals surface area contributed by atoms with Gasteiger partial charge in [0.1, 0.15) is 23.0 Å². The van der Waals surface area contributed by atoms with Crippen LogP contribution >= 0.6 is 74.5 Å². The molecule has 0 saturated heterocycles. The van der Waals surface area contributed by atoms with Crippen molar-refractivity contribution in [3.8, 4) is 23.0 Å². The number of Topliss-reactive ketones (excluding diaryl/α,β-unsaturated/α-hetero) is 1. The van der Waals surface area contributed by atoms with E-state index in [0.29, 0.717) is 37.4 Å². The Morgan fingerprint density at radius 2 is 0.825 bits per heavy atom. The van der Waals surface area contributed by atoms with Crippen LogP contribution in [0.2, 0.25) is 0 Å². The molecule has 2 N–H and O–H groups in total. The van der Waals surface area contributed by atoms with E-state index in [9.17, 15) is 19.8 Å². The van der Waals surface area contributed by atoms with Crippen LogP contribution in [0.15, 0.2) is 158 Å². The molecular weight excluding hydrogens is 1360 g/mol. The predicted molar refractivity (Wildman–Crippen MR) is 293 cm³/mol. The number of carbonyl (C=O) groups is 2. The van der Waals surface area contributed by atoms with Crippen molar-refractivity contribution >= 4 is 97.2 Å². The number of aromatic hydroxyl groups is 2. The summed E-state index contributed by atoms with van der Waals surface area (Å²) in [6.45, 7) is 9.78. The Morgan fingerprint density at radius 3 is 1.19 bits per heavy atom. The summed E-state index contributed by atoms with van der Waals surface area (Å²) in [6, 6.07) is 49.0. The monoisotopic (exact) mass is 1410 g/mol. The molecule has 6 rings (SSSR count). The van der Waals surface area contributed by atoms with Gasteiger partial charge in [-0.05, 0) is 120 Å². The normalized spacial score (nSPS) is 10.4. The first-order valence-electron chi connectivity index (χ1n) is 20.7. The van der Waals surface area contributed by atoms with E-state index in [1.54, 1.807) is 36.4 Å². The Balaban J connectivity index is 0.000000338. The molecule has 0 aliphatic rings. The zero-order chi connectivity index (χ0) is 46.2. The molecule has 0 aliphatic carbocycles. The molecule has 0 amide bonds. The third-order valence-corrected chi connectivity index (χ3v) is 9.27. The molecule has 0 aromatic heterocycles. The second-order valence-electron chi connectivity index (χ2n) is 13.6. The average Bonchev–Trinajstić information content (AvgIpc) is 3.33. The number of phenols is 2. The molecule has 336 valence electrons. The third kappa shape index (κ3) is 21.4. The third-order valence-electron chi connectivity index (χ3n) is 9.27. The summed E-state index contributed by atoms with van der Waals surface area (Å²) in [7, 11) is 0. The molecule has 6 nitrogen and oxygen atoms in total. The van der Waals surface area contributed by atoms with Gasteiger partial charge in [0.15, 0.2) is 11.6 Å². The quantitative estimate of drug-likeness (QED) is 0.0434. The number of phenolic OH excluding ortho intramolecular Hbond substituents is 2. The molecule has 0 fully saturated rings. The first kappa shape index (κ1) is 56.4. The van der Waals surface area contributed by atoms with Crippen molar-refractivity contribution in [2.75, 3.05) is 13.2 Å². The van der Waals surface area contributed by atoms with Crippen LogP contribution in [0.4, 0.5) is 0 Å². The van der Waals surface area contributed by atoms with Crippen molar-refractivity contribution < 1.29 is 42.5 Å². The van der Waals surface area contributed by atoms with Gasteiger partial charge in [0.25, 0.3) is 0 Å². The number of halogens is 5. The van der Waals surface area contributed by atoms with Crippen molar-refractivity contribution in [3.63, 3.8) is 0 Å². The van der Waals surface area contributed by atoms with Crippen molar-refractivity contribution in [3.05, 3.63) is 191 Å². The summed E-state index contributed by atoms with van der Waals surface area (Å²) in [6.07, 6.45) is 5.81. The summed E-state index contributed by atoms with van der Waals surface area (Å²) in [5, 5.41) is 18.9. The van der Waals surface area contributed by atoms with Gasteiger partial charge >= 0.3 is 50.5 Å². The topological polar surface area (TPSA) is 93.1 Å². The van der Waals surface area contributed by atoms with E-state index in [4.69, 9.17) is 9.47 Å². The van der Waals surface area contributed by atoms with Gasteiger partial charge in [0.05, 0.1) is 13.2 Å². The molecule has 0 saturated carbocycles. The van der Waals surface area contributed by atoms with E-state index in [1.165, 1.54) is 28.8 Å². The molecule has 0 unspecified atom stereocenters. The van der Waals surface area contributed by atoms with Gasteiger partial charge in [-0.2, -0.15) is 0 Å². The summed E-state index contributed by atoms with van der Waals surface area (Å²) in [5.74, 6) is 2.26. The number of benzene rings is 6. The molecule has 0 atom stereocenters. The number of hydrogen-bond acceptors (Lipinski definition) is 6. The SMILES string of the molecule is CCC(=O)c1ccccc1.CCCCOc1ccc(C(=C(CC)c2ccccc2)c2ccc(O)cc2)cc1.CCCCOc1ccc(C(=O)c2ccc(O)cc2)cc1.II.I[I-]I. The van der Waals surface area contributed by atoms with Crippen LogP contribution in [0.1, 0.15) is 109 Å². The van der Waals surface area contributed by atoms with Crippen molar-refractivity contribution in [2.45, 2.75) is 66.2 Å². The molecule has 63 heavy (non-hydrogen) atoms. The Labute approximate surface area is 428 Å². The first-order chi connectivity index (χ1) is 30.7. The minimum atomic E-state index is -0.0647. The first-order valence-corrected chi connectivity index (χ1v) is 39.5. The second kappa shape index (κ2) is 34.6. The fourth-order valence-corrected chi connectivity index (χ4v) is 6.00. The predicted octanol–water partition coefficient (Wildman–Crippen LogP) is 13.6. The zero-order valence-electron chi connectivity index (χ0n) is 36.1. The standard InChI is InChI=1S/C26H28O2.C17H18O3.C9H10O.I3.I2/c1-3-5-19-28-24-17-13-22(14-18-24)26(21-11-15-23(27)16-12-21)25(4-2)20-9-7-6-8-10-20;1-2-3-12-20-16-10-6-14(7-11-16)17(19)13-4-8-15(18)9-5-13;1-2-9(10)8-6-4-3-5-7-8;1-3-2;1-2/h6-18,27H,3-5,19H2,1-2H3;4-11,18H,2-3,12H2,1H3;3-7H,2H2,1H3;;/q;;;-1;. The van der Waals surface area contributed by atoms with Crippen molar-refractivity contribution in [2.24, 2.45) is 0 Å². The molecular formula is C52H56I5O6-. The van der Waals surface area contributed by atoms with Crippen LogP contribution in [-0.4, -0.2) is 35.0 Å². The fraction of sp³-hybridized carbons (Fsp3) is 0.231. The van der Waals surface area contributed by atoms with Crippen LogP contribution < -0.4 is 22.7 Å². The van der Waals surface area contributed by atoms with Gasteiger partial charge in [-0.1, -0.05) is 125 Å². The Bertz CT molecular complexity index is 2160. The molecule has 0 bridgehead atoms. The number of allylic oxidation sites excluding steroid dienone is 1. The van der Waals surface area contributed by atoms with E-state index < -0.39 is 0 Å². The van der Waals surface area contributed by atoms with E-state index in [2.05, 4.69) is 132 Å². The van der Waals surface area contributed by atoms with E-state index in [0.717, 1.165) is 66.9 Å². The Hall–Kier alpha value is -2.75. The number of ketones is 2. The van der Waals surface area contributed by atoms with Crippen LogP contribution in [-0.2, 0) is 0 Å². The van der Waals surface area contributed by atoms with Gasteiger partial charge < -0.3 is 19.7 Å². The second-order valence-corrected chi connectivity index (χ2v) is 29.9. The Morgan fingerprint density at radius 1 is 0.476 bits per heavy atom. The summed E-state index contributed by atoms with van der Waals surface area (Å²) < 4.78 is 11.4. The van der Waals surface area contributed by atoms with E-state index in [1.807, 2.05) is 79.7 Å². The van der Waals surface area contributed by atoms with E-state index >= 15 is 0 Å². The number of rotatable bonds is 16. The van der Waals surface area contributed by atoms with Gasteiger partial charge in [0, 0.05) is 60.3 Å². The zero-order valence-corrected chi connectivity index (χ0v) is 46.9. The molecule has 6 aromatic carbocycles. The minimum absolute atomic E-state index is 0.0647. The van der Waals surface area contributed by atoms with Gasteiger partial charge in [-0.15, -0.1) is 0 Å². The number of carbonyl (C=O) groups excluding carboxylic acids is 2.